The van der Waals surface area contributed by atoms with Crippen molar-refractivity contribution in [1.29, 1.82) is 0 Å². The molecular weight excluding hydrogens is 207 g/mol. The maximum absolute atomic E-state index is 10.5. The minimum atomic E-state index is 0. The van der Waals surface area contributed by atoms with Crippen molar-refractivity contribution in [2.75, 3.05) is 0 Å². The van der Waals surface area contributed by atoms with Gasteiger partial charge in [-0.15, -0.1) is 11.6 Å². The molecule has 2 aromatic rings. The third-order valence-corrected chi connectivity index (χ3v) is 1.77. The van der Waals surface area contributed by atoms with Crippen molar-refractivity contribution in [1.82, 2.24) is 9.78 Å². The number of carbonyl (C=O) groups excluding carboxylic acids is 1. The third kappa shape index (κ3) is 2.50. The summed E-state index contributed by atoms with van der Waals surface area (Å²) >= 11 is 0. The van der Waals surface area contributed by atoms with Crippen LogP contribution in [0.4, 0.5) is 0 Å². The summed E-state index contributed by atoms with van der Waals surface area (Å²) in [6.45, 7) is 0. The number of aryl methyl sites for hydroxylation is 1. The molecule has 0 unspecified atom stereocenters. The average molecular weight is 215 g/mol. The smallest absolute Gasteiger partial charge is 0.870 e. The molecular formula is C9H8KN2O2-. The van der Waals surface area contributed by atoms with Gasteiger partial charge in [-0.3, -0.25) is 4.68 Å². The minimum absolute atomic E-state index is 0. The molecule has 1 N–H and O–H groups in total. The summed E-state index contributed by atoms with van der Waals surface area (Å²) in [5.74, 6) is 0. The fourth-order valence-electron chi connectivity index (χ4n) is 1.25. The van der Waals surface area contributed by atoms with Gasteiger partial charge in [0.05, 0.1) is 6.29 Å². The minimum Gasteiger partial charge on any atom is -0.870 e. The van der Waals surface area contributed by atoms with Crippen LogP contribution in [0.3, 0.4) is 0 Å². The van der Waals surface area contributed by atoms with Crippen molar-refractivity contribution < 1.29 is 61.7 Å². The quantitative estimate of drug-likeness (QED) is 0.403. The molecule has 0 aliphatic heterocycles. The molecule has 0 fully saturated rings. The Balaban J connectivity index is 0.000000845. The van der Waals surface area contributed by atoms with Crippen LogP contribution in [0.2, 0.25) is 0 Å². The topological polar surface area (TPSA) is 64.9 Å². The summed E-state index contributed by atoms with van der Waals surface area (Å²) in [5.41, 5.74) is 1.40. The number of hydrogen-bond donors (Lipinski definition) is 0. The van der Waals surface area contributed by atoms with Crippen molar-refractivity contribution in [3.63, 3.8) is 0 Å². The van der Waals surface area contributed by atoms with Crippen LogP contribution >= 0.6 is 0 Å². The van der Waals surface area contributed by atoms with Gasteiger partial charge in [0.2, 0.25) is 0 Å². The molecule has 14 heavy (non-hydrogen) atoms. The zero-order chi connectivity index (χ0) is 8.55. The largest absolute Gasteiger partial charge is 1.00 e. The summed E-state index contributed by atoms with van der Waals surface area (Å²) in [7, 11) is 1.83. The van der Waals surface area contributed by atoms with Crippen molar-refractivity contribution >= 4 is 17.2 Å². The Labute approximate surface area is 124 Å². The molecule has 2 rings (SSSR count). The van der Waals surface area contributed by atoms with Crippen molar-refractivity contribution in [2.45, 2.75) is 0 Å². The molecule has 0 spiro atoms. The van der Waals surface area contributed by atoms with E-state index in [1.807, 2.05) is 25.6 Å². The summed E-state index contributed by atoms with van der Waals surface area (Å²) in [6, 6.07) is 5.41. The van der Waals surface area contributed by atoms with Crippen molar-refractivity contribution in [2.24, 2.45) is 7.05 Å². The van der Waals surface area contributed by atoms with E-state index in [4.69, 9.17) is 0 Å². The maximum Gasteiger partial charge on any atom is 1.00 e. The average Bonchev–Trinajstić information content (AvgIpc) is 2.44. The second kappa shape index (κ2) is 5.74. The predicted octanol–water partition coefficient (Wildman–Crippen LogP) is -2.14. The first-order valence-corrected chi connectivity index (χ1v) is 3.62. The fourth-order valence-corrected chi connectivity index (χ4v) is 1.25. The molecule has 0 atom stereocenters. The van der Waals surface area contributed by atoms with Crippen LogP contribution in [0.1, 0.15) is 5.56 Å². The normalized spacial score (nSPS) is 8.93. The molecule has 0 aliphatic carbocycles. The number of rotatable bonds is 1. The van der Waals surface area contributed by atoms with Crippen LogP contribution in [0.15, 0.2) is 24.4 Å². The van der Waals surface area contributed by atoms with E-state index in [0.717, 1.165) is 10.9 Å². The van der Waals surface area contributed by atoms with Crippen LogP contribution in [-0.2, 0) is 11.8 Å². The van der Waals surface area contributed by atoms with Gasteiger partial charge in [-0.05, 0) is 6.20 Å². The van der Waals surface area contributed by atoms with Gasteiger partial charge in [0.15, 0.2) is 0 Å². The van der Waals surface area contributed by atoms with Gasteiger partial charge in [-0.2, -0.15) is 11.2 Å². The number of aromatic nitrogens is 2. The van der Waals surface area contributed by atoms with E-state index in [0.29, 0.717) is 5.56 Å². The Bertz CT molecular complexity index is 439. The summed E-state index contributed by atoms with van der Waals surface area (Å²) < 4.78 is 1.69. The fraction of sp³-hybridized carbons (Fsp3) is 0.111. The monoisotopic (exact) mass is 215 g/mol. The Hall–Kier alpha value is -0.0436. The molecule has 5 heteroatoms. The molecule has 0 radical (unpaired) electrons. The van der Waals surface area contributed by atoms with E-state index in [1.54, 1.807) is 16.8 Å². The maximum atomic E-state index is 10.5. The molecule has 1 aromatic heterocycles. The number of fused-ring (bicyclic) bond motifs is 1. The first-order valence-electron chi connectivity index (χ1n) is 3.62. The second-order valence-corrected chi connectivity index (χ2v) is 2.64. The molecule has 1 aromatic carbocycles. The third-order valence-electron chi connectivity index (χ3n) is 1.77. The molecule has 4 nitrogen and oxygen atoms in total. The summed E-state index contributed by atoms with van der Waals surface area (Å²) in [6.07, 6.45) is 3.70. The zero-order valence-corrected chi connectivity index (χ0v) is 11.2. The van der Waals surface area contributed by atoms with Gasteiger partial charge >= 0.3 is 51.4 Å². The van der Waals surface area contributed by atoms with Crippen LogP contribution in [-0.4, -0.2) is 21.5 Å². The van der Waals surface area contributed by atoms with Gasteiger partial charge in [-0.25, -0.2) is 0 Å². The molecule has 0 amide bonds. The molecule has 0 saturated heterocycles. The second-order valence-electron chi connectivity index (χ2n) is 2.64. The Morgan fingerprint density at radius 3 is 2.79 bits per heavy atom. The number of hydrogen-bond acceptors (Lipinski definition) is 3. The van der Waals surface area contributed by atoms with E-state index in [9.17, 15) is 4.79 Å². The predicted molar refractivity (Wildman–Crippen MR) is 47.4 cm³/mol. The molecule has 68 valence electrons. The Kier molecular flexibility index (Phi) is 5.73. The standard InChI is InChI=1S/C9H7N2O.K.H2O/c1-11-5-8-7(6-12)3-2-4-9(8)10-11;;/h2-5H,1H3;;1H2/q-1;+1;/p-1. The van der Waals surface area contributed by atoms with E-state index in [1.165, 1.54) is 0 Å². The van der Waals surface area contributed by atoms with Crippen LogP contribution in [0, 0.1) is 0 Å². The van der Waals surface area contributed by atoms with Gasteiger partial charge in [0.1, 0.15) is 0 Å². The van der Waals surface area contributed by atoms with Crippen molar-refractivity contribution in [3.05, 3.63) is 30.0 Å². The summed E-state index contributed by atoms with van der Waals surface area (Å²) in [5, 5.41) is 5.02. The van der Waals surface area contributed by atoms with E-state index in [-0.39, 0.29) is 56.9 Å². The molecule has 0 bridgehead atoms. The summed E-state index contributed by atoms with van der Waals surface area (Å²) in [4.78, 5) is 10.5. The molecule has 1 heterocycles. The first-order chi connectivity index (χ1) is 5.81. The van der Waals surface area contributed by atoms with E-state index in [2.05, 4.69) is 5.10 Å². The Morgan fingerprint density at radius 1 is 1.43 bits per heavy atom. The van der Waals surface area contributed by atoms with Gasteiger partial charge in [0.25, 0.3) is 0 Å². The van der Waals surface area contributed by atoms with Crippen LogP contribution in [0.5, 0.6) is 0 Å². The molecule has 0 aliphatic rings. The Morgan fingerprint density at radius 2 is 2.14 bits per heavy atom. The zero-order valence-electron chi connectivity index (χ0n) is 8.06. The van der Waals surface area contributed by atoms with Gasteiger partial charge < -0.3 is 10.3 Å². The van der Waals surface area contributed by atoms with Crippen LogP contribution in [0.25, 0.3) is 10.9 Å². The number of nitrogens with zero attached hydrogens (tertiary/aromatic N) is 2. The number of benzene rings is 1. The first kappa shape index (κ1) is 14.0. The van der Waals surface area contributed by atoms with Gasteiger partial charge in [-0.1, -0.05) is 11.5 Å². The SMILES string of the molecule is Cn1cc2c([C-]=O)cccc2n1.[K+].[OH-]. The van der Waals surface area contributed by atoms with E-state index < -0.39 is 0 Å². The van der Waals surface area contributed by atoms with E-state index >= 15 is 0 Å². The van der Waals surface area contributed by atoms with Crippen molar-refractivity contribution in [3.8, 4) is 0 Å². The van der Waals surface area contributed by atoms with Crippen LogP contribution < -0.4 is 51.4 Å². The van der Waals surface area contributed by atoms with Gasteiger partial charge in [0, 0.05) is 12.6 Å². The molecule has 0 saturated carbocycles.